The van der Waals surface area contributed by atoms with E-state index in [0.29, 0.717) is 6.04 Å². The average Bonchev–Trinajstić information content (AvgIpc) is 1.85. The fraction of sp³-hybridized carbons (Fsp3) is 0.750. The van der Waals surface area contributed by atoms with Crippen LogP contribution in [0, 0.1) is 0 Å². The Morgan fingerprint density at radius 3 is 2.67 bits per heavy atom. The van der Waals surface area contributed by atoms with Crippen LogP contribution in [0.5, 0.6) is 0 Å². The van der Waals surface area contributed by atoms with Crippen LogP contribution in [-0.2, 0) is 0 Å². The molecule has 0 spiro atoms. The second-order valence-electron chi connectivity index (χ2n) is 2.36. The number of rotatable bonds is 4. The molecule has 0 aromatic heterocycles. The smallest absolute Gasteiger partial charge is 0.0227 e. The largest absolute Gasteiger partial charge is 0.389 e. The predicted molar refractivity (Wildman–Crippen MR) is 42.3 cm³/mol. The van der Waals surface area contributed by atoms with Crippen molar-refractivity contribution in [1.82, 2.24) is 5.32 Å². The Labute approximate surface area is 58.2 Å². The zero-order chi connectivity index (χ0) is 7.11. The summed E-state index contributed by atoms with van der Waals surface area (Å²) in [5, 5.41) is 3.25. The van der Waals surface area contributed by atoms with Crippen molar-refractivity contribution < 1.29 is 0 Å². The lowest BCUT2D eigenvalue weighted by atomic mass is 10.2. The summed E-state index contributed by atoms with van der Waals surface area (Å²) in [5.41, 5.74) is 0. The van der Waals surface area contributed by atoms with Gasteiger partial charge in [0.25, 0.3) is 0 Å². The molecule has 1 unspecified atom stereocenters. The third kappa shape index (κ3) is 5.41. The van der Waals surface area contributed by atoms with E-state index >= 15 is 0 Å². The standard InChI is InChI=1S/C8H17N/c1-4-6-8(3)9-7-5-2/h5,7-9H,4,6H2,1-3H3. The maximum Gasteiger partial charge on any atom is 0.0227 e. The summed E-state index contributed by atoms with van der Waals surface area (Å²) in [6.07, 6.45) is 6.53. The first kappa shape index (κ1) is 8.54. The van der Waals surface area contributed by atoms with Crippen LogP contribution >= 0.6 is 0 Å². The molecule has 1 heteroatoms. The minimum absolute atomic E-state index is 0.631. The average molecular weight is 127 g/mol. The molecule has 0 saturated carbocycles. The van der Waals surface area contributed by atoms with Crippen LogP contribution in [0.25, 0.3) is 0 Å². The predicted octanol–water partition coefficient (Wildman–Crippen LogP) is 2.30. The van der Waals surface area contributed by atoms with E-state index in [0.717, 1.165) is 0 Å². The molecule has 0 saturated heterocycles. The second-order valence-corrected chi connectivity index (χ2v) is 2.36. The Morgan fingerprint density at radius 1 is 1.56 bits per heavy atom. The topological polar surface area (TPSA) is 12.0 Å². The number of allylic oxidation sites excluding steroid dienone is 1. The Morgan fingerprint density at radius 2 is 2.22 bits per heavy atom. The highest BCUT2D eigenvalue weighted by molar-refractivity contribution is 4.77. The molecule has 54 valence electrons. The summed E-state index contributed by atoms with van der Waals surface area (Å²) in [7, 11) is 0. The first-order valence-electron chi connectivity index (χ1n) is 3.68. The molecule has 0 amide bonds. The maximum absolute atomic E-state index is 3.25. The van der Waals surface area contributed by atoms with E-state index in [1.165, 1.54) is 12.8 Å². The molecule has 0 aromatic carbocycles. The lowest BCUT2D eigenvalue weighted by Crippen LogP contribution is -2.19. The highest BCUT2D eigenvalue weighted by atomic mass is 14.9. The van der Waals surface area contributed by atoms with Crippen LogP contribution in [0.15, 0.2) is 12.3 Å². The van der Waals surface area contributed by atoms with Crippen molar-refractivity contribution in [3.63, 3.8) is 0 Å². The van der Waals surface area contributed by atoms with Crippen molar-refractivity contribution in [2.75, 3.05) is 0 Å². The fourth-order valence-corrected chi connectivity index (χ4v) is 0.777. The highest BCUT2D eigenvalue weighted by Crippen LogP contribution is 1.93. The van der Waals surface area contributed by atoms with E-state index in [2.05, 4.69) is 19.2 Å². The van der Waals surface area contributed by atoms with E-state index in [-0.39, 0.29) is 0 Å². The maximum atomic E-state index is 3.25. The first-order chi connectivity index (χ1) is 4.31. The molecule has 0 rings (SSSR count). The summed E-state index contributed by atoms with van der Waals surface area (Å²) in [4.78, 5) is 0. The van der Waals surface area contributed by atoms with E-state index < -0.39 is 0 Å². The monoisotopic (exact) mass is 127 g/mol. The van der Waals surface area contributed by atoms with Gasteiger partial charge in [0.05, 0.1) is 0 Å². The summed E-state index contributed by atoms with van der Waals surface area (Å²) in [5.74, 6) is 0. The first-order valence-corrected chi connectivity index (χ1v) is 3.68. The molecular formula is C8H17N. The SMILES string of the molecule is CC=CNC(C)CCC. The molecule has 1 N–H and O–H groups in total. The van der Waals surface area contributed by atoms with Gasteiger partial charge in [-0.1, -0.05) is 19.4 Å². The van der Waals surface area contributed by atoms with Gasteiger partial charge in [-0.3, -0.25) is 0 Å². The van der Waals surface area contributed by atoms with Crippen molar-refractivity contribution in [2.45, 2.75) is 39.7 Å². The molecule has 0 aromatic rings. The molecule has 0 aliphatic heterocycles. The molecule has 1 atom stereocenters. The van der Waals surface area contributed by atoms with E-state index in [1.54, 1.807) is 0 Å². The van der Waals surface area contributed by atoms with Gasteiger partial charge in [-0.2, -0.15) is 0 Å². The van der Waals surface area contributed by atoms with E-state index in [9.17, 15) is 0 Å². The molecule has 0 heterocycles. The minimum Gasteiger partial charge on any atom is -0.389 e. The van der Waals surface area contributed by atoms with Gasteiger partial charge in [-0.25, -0.2) is 0 Å². The van der Waals surface area contributed by atoms with Crippen LogP contribution in [0.3, 0.4) is 0 Å². The molecule has 0 fully saturated rings. The highest BCUT2D eigenvalue weighted by Gasteiger charge is 1.92. The van der Waals surface area contributed by atoms with Crippen LogP contribution in [-0.4, -0.2) is 6.04 Å². The van der Waals surface area contributed by atoms with Gasteiger partial charge < -0.3 is 5.32 Å². The van der Waals surface area contributed by atoms with Crippen molar-refractivity contribution in [2.24, 2.45) is 0 Å². The summed E-state index contributed by atoms with van der Waals surface area (Å²) < 4.78 is 0. The lowest BCUT2D eigenvalue weighted by Gasteiger charge is -2.08. The Hall–Kier alpha value is -0.460. The Kier molecular flexibility index (Phi) is 5.38. The van der Waals surface area contributed by atoms with E-state index in [4.69, 9.17) is 0 Å². The van der Waals surface area contributed by atoms with Gasteiger partial charge in [0.15, 0.2) is 0 Å². The van der Waals surface area contributed by atoms with Gasteiger partial charge in [0, 0.05) is 6.04 Å². The molecule has 0 aliphatic carbocycles. The lowest BCUT2D eigenvalue weighted by molar-refractivity contribution is 0.578. The van der Waals surface area contributed by atoms with Crippen LogP contribution in [0.2, 0.25) is 0 Å². The molecule has 9 heavy (non-hydrogen) atoms. The van der Waals surface area contributed by atoms with Gasteiger partial charge in [0.1, 0.15) is 0 Å². The fourth-order valence-electron chi connectivity index (χ4n) is 0.777. The quantitative estimate of drug-likeness (QED) is 0.611. The van der Waals surface area contributed by atoms with E-state index in [1.807, 2.05) is 19.2 Å². The number of hydrogen-bond acceptors (Lipinski definition) is 1. The zero-order valence-electron chi connectivity index (χ0n) is 6.65. The Balaban J connectivity index is 3.15. The third-order valence-corrected chi connectivity index (χ3v) is 1.27. The zero-order valence-corrected chi connectivity index (χ0v) is 6.65. The van der Waals surface area contributed by atoms with Crippen molar-refractivity contribution in [3.8, 4) is 0 Å². The van der Waals surface area contributed by atoms with Crippen molar-refractivity contribution >= 4 is 0 Å². The number of nitrogens with one attached hydrogen (secondary N) is 1. The normalized spacial score (nSPS) is 14.1. The summed E-state index contributed by atoms with van der Waals surface area (Å²) in [6, 6.07) is 0.631. The van der Waals surface area contributed by atoms with Crippen molar-refractivity contribution in [3.05, 3.63) is 12.3 Å². The van der Waals surface area contributed by atoms with Crippen LogP contribution in [0.1, 0.15) is 33.6 Å². The van der Waals surface area contributed by atoms with Crippen LogP contribution < -0.4 is 5.32 Å². The third-order valence-electron chi connectivity index (χ3n) is 1.27. The second kappa shape index (κ2) is 5.67. The van der Waals surface area contributed by atoms with Gasteiger partial charge >= 0.3 is 0 Å². The molecule has 0 aliphatic rings. The molecule has 0 bridgehead atoms. The van der Waals surface area contributed by atoms with Gasteiger partial charge in [-0.05, 0) is 26.5 Å². The Bertz CT molecular complexity index is 76.6. The summed E-state index contributed by atoms with van der Waals surface area (Å²) in [6.45, 7) is 6.42. The molecule has 0 radical (unpaired) electrons. The van der Waals surface area contributed by atoms with Gasteiger partial charge in [0.2, 0.25) is 0 Å². The van der Waals surface area contributed by atoms with Crippen LogP contribution in [0.4, 0.5) is 0 Å². The molecule has 1 nitrogen and oxygen atoms in total. The molecular weight excluding hydrogens is 110 g/mol. The van der Waals surface area contributed by atoms with Gasteiger partial charge in [-0.15, -0.1) is 0 Å². The summed E-state index contributed by atoms with van der Waals surface area (Å²) >= 11 is 0. The minimum atomic E-state index is 0.631. The van der Waals surface area contributed by atoms with Crippen molar-refractivity contribution in [1.29, 1.82) is 0 Å². The number of hydrogen-bond donors (Lipinski definition) is 1.